The first-order chi connectivity index (χ1) is 10.1. The van der Waals surface area contributed by atoms with Crippen LogP contribution in [0.15, 0.2) is 28.6 Å². The summed E-state index contributed by atoms with van der Waals surface area (Å²) in [7, 11) is 0. The maximum Gasteiger partial charge on any atom is 0.240 e. The van der Waals surface area contributed by atoms with Crippen LogP contribution in [0.5, 0.6) is 0 Å². The van der Waals surface area contributed by atoms with Gasteiger partial charge in [-0.3, -0.25) is 4.79 Å². The summed E-state index contributed by atoms with van der Waals surface area (Å²) in [6.07, 6.45) is 0.928. The number of aryl methyl sites for hydroxylation is 1. The molecule has 3 rings (SSSR count). The number of para-hydroxylation sites is 1. The van der Waals surface area contributed by atoms with Crippen LogP contribution in [0.4, 0.5) is 5.69 Å². The lowest BCUT2D eigenvalue weighted by molar-refractivity contribution is -0.118. The summed E-state index contributed by atoms with van der Waals surface area (Å²) in [4.78, 5) is 14.7. The molecule has 0 N–H and O–H groups in total. The third-order valence-electron chi connectivity index (χ3n) is 3.58. The van der Waals surface area contributed by atoms with Crippen molar-refractivity contribution in [3.63, 3.8) is 0 Å². The minimum atomic E-state index is -0.161. The predicted molar refractivity (Wildman–Crippen MR) is 87.1 cm³/mol. The monoisotopic (exact) mass is 319 g/mol. The highest BCUT2D eigenvalue weighted by Crippen LogP contribution is 2.35. The lowest BCUT2D eigenvalue weighted by Crippen LogP contribution is -2.40. The summed E-state index contributed by atoms with van der Waals surface area (Å²) >= 11 is 3.02. The molecule has 1 aliphatic rings. The quantitative estimate of drug-likeness (QED) is 0.814. The number of fused-ring (bicyclic) bond motifs is 1. The van der Waals surface area contributed by atoms with Gasteiger partial charge in [0.25, 0.3) is 0 Å². The maximum absolute atomic E-state index is 12.8. The molecule has 1 aliphatic heterocycles. The first kappa shape index (κ1) is 14.5. The van der Waals surface area contributed by atoms with Crippen molar-refractivity contribution < 1.29 is 4.79 Å². The largest absolute Gasteiger partial charge is 0.308 e. The van der Waals surface area contributed by atoms with Crippen LogP contribution in [0, 0.1) is 6.92 Å². The molecule has 1 aromatic heterocycles. The molecule has 0 spiro atoms. The lowest BCUT2D eigenvalue weighted by atomic mass is 10.1. The van der Waals surface area contributed by atoms with Crippen LogP contribution >= 0.6 is 23.1 Å². The third-order valence-corrected chi connectivity index (χ3v) is 5.59. The Kier molecular flexibility index (Phi) is 3.99. The van der Waals surface area contributed by atoms with E-state index in [1.165, 1.54) is 28.7 Å². The Morgan fingerprint density at radius 2 is 2.19 bits per heavy atom. The summed E-state index contributed by atoms with van der Waals surface area (Å²) < 4.78 is 0.855. The first-order valence-corrected chi connectivity index (χ1v) is 8.63. The first-order valence-electron chi connectivity index (χ1n) is 6.94. The second kappa shape index (κ2) is 5.77. The minimum absolute atomic E-state index is 0.144. The molecule has 1 aromatic carbocycles. The van der Waals surface area contributed by atoms with Crippen molar-refractivity contribution in [3.8, 4) is 0 Å². The number of benzene rings is 1. The maximum atomic E-state index is 12.8. The zero-order valence-corrected chi connectivity index (χ0v) is 13.9. The summed E-state index contributed by atoms with van der Waals surface area (Å²) in [5.74, 6) is 0.144. The molecule has 21 heavy (non-hydrogen) atoms. The van der Waals surface area contributed by atoms with Crippen molar-refractivity contribution in [2.24, 2.45) is 0 Å². The molecule has 1 amide bonds. The smallest absolute Gasteiger partial charge is 0.240 e. The van der Waals surface area contributed by atoms with E-state index in [4.69, 9.17) is 0 Å². The van der Waals surface area contributed by atoms with Gasteiger partial charge >= 0.3 is 0 Å². The van der Waals surface area contributed by atoms with Crippen molar-refractivity contribution >= 4 is 34.7 Å². The van der Waals surface area contributed by atoms with E-state index < -0.39 is 0 Å². The molecule has 0 saturated carbocycles. The number of thioether (sulfide) groups is 1. The van der Waals surface area contributed by atoms with E-state index in [2.05, 4.69) is 23.2 Å². The predicted octanol–water partition coefficient (Wildman–Crippen LogP) is 3.30. The SMILES string of the molecule is Cc1nnc(S[C@@H](C)C(=O)N2c3ccccc3C[C@H]2C)s1. The van der Waals surface area contributed by atoms with Crippen LogP contribution in [0.2, 0.25) is 0 Å². The molecular formula is C15H17N3OS2. The third kappa shape index (κ3) is 2.82. The standard InChI is InChI=1S/C15H17N3OS2/c1-9-8-12-6-4-5-7-13(12)18(9)14(19)10(2)20-15-17-16-11(3)21-15/h4-7,9-10H,8H2,1-3H3/t9-,10+/m1/s1. The van der Waals surface area contributed by atoms with Gasteiger partial charge < -0.3 is 4.90 Å². The average Bonchev–Trinajstić information content (AvgIpc) is 3.00. The normalized spacial score (nSPS) is 18.6. The highest BCUT2D eigenvalue weighted by Gasteiger charge is 2.33. The molecule has 2 heterocycles. The fraction of sp³-hybridized carbons (Fsp3) is 0.400. The summed E-state index contributed by atoms with van der Waals surface area (Å²) in [5, 5.41) is 8.86. The summed E-state index contributed by atoms with van der Waals surface area (Å²) in [5.41, 5.74) is 2.30. The number of anilines is 1. The highest BCUT2D eigenvalue weighted by atomic mass is 32.2. The van der Waals surface area contributed by atoms with Crippen molar-refractivity contribution in [1.82, 2.24) is 10.2 Å². The number of amides is 1. The van der Waals surface area contributed by atoms with E-state index in [-0.39, 0.29) is 17.2 Å². The molecule has 0 aliphatic carbocycles. The molecule has 0 fully saturated rings. The van der Waals surface area contributed by atoms with E-state index in [0.29, 0.717) is 0 Å². The number of nitrogens with zero attached hydrogens (tertiary/aromatic N) is 3. The van der Waals surface area contributed by atoms with Crippen LogP contribution in [0.25, 0.3) is 0 Å². The summed E-state index contributed by atoms with van der Waals surface area (Å²) in [6.45, 7) is 5.97. The van der Waals surface area contributed by atoms with E-state index in [9.17, 15) is 4.79 Å². The van der Waals surface area contributed by atoms with E-state index in [0.717, 1.165) is 21.5 Å². The van der Waals surface area contributed by atoms with Crippen molar-refractivity contribution in [2.75, 3.05) is 4.90 Å². The van der Waals surface area contributed by atoms with Crippen LogP contribution in [-0.2, 0) is 11.2 Å². The molecule has 0 radical (unpaired) electrons. The molecule has 4 nitrogen and oxygen atoms in total. The van der Waals surface area contributed by atoms with Crippen LogP contribution in [0.3, 0.4) is 0 Å². The number of hydrogen-bond acceptors (Lipinski definition) is 5. The van der Waals surface area contributed by atoms with Gasteiger partial charge in [0.2, 0.25) is 5.91 Å². The van der Waals surface area contributed by atoms with Gasteiger partial charge in [0.1, 0.15) is 5.01 Å². The Morgan fingerprint density at radius 3 is 2.90 bits per heavy atom. The Bertz CT molecular complexity index is 670. The lowest BCUT2D eigenvalue weighted by Gasteiger charge is -2.25. The van der Waals surface area contributed by atoms with Crippen LogP contribution in [0.1, 0.15) is 24.4 Å². The Morgan fingerprint density at radius 1 is 1.43 bits per heavy atom. The topological polar surface area (TPSA) is 46.1 Å². The Labute approximate surface area is 132 Å². The molecule has 6 heteroatoms. The second-order valence-electron chi connectivity index (χ2n) is 5.24. The number of carbonyl (C=O) groups is 1. The van der Waals surface area contributed by atoms with Gasteiger partial charge in [0.05, 0.1) is 5.25 Å². The number of hydrogen-bond donors (Lipinski definition) is 0. The van der Waals surface area contributed by atoms with Gasteiger partial charge in [-0.25, -0.2) is 0 Å². The van der Waals surface area contributed by atoms with Crippen molar-refractivity contribution in [2.45, 2.75) is 42.8 Å². The minimum Gasteiger partial charge on any atom is -0.308 e. The molecule has 2 atom stereocenters. The van der Waals surface area contributed by atoms with Gasteiger partial charge in [-0.2, -0.15) is 0 Å². The van der Waals surface area contributed by atoms with Crippen LogP contribution in [-0.4, -0.2) is 27.4 Å². The molecular weight excluding hydrogens is 302 g/mol. The fourth-order valence-electron chi connectivity index (χ4n) is 2.62. The van der Waals surface area contributed by atoms with Gasteiger partial charge in [-0.15, -0.1) is 10.2 Å². The van der Waals surface area contributed by atoms with Gasteiger partial charge in [-0.05, 0) is 38.8 Å². The van der Waals surface area contributed by atoms with Crippen molar-refractivity contribution in [3.05, 3.63) is 34.8 Å². The Hall–Kier alpha value is -1.40. The fourth-order valence-corrected chi connectivity index (χ4v) is 4.63. The molecule has 0 saturated heterocycles. The molecule has 0 unspecified atom stereocenters. The number of aromatic nitrogens is 2. The summed E-state index contributed by atoms with van der Waals surface area (Å²) in [6, 6.07) is 8.37. The van der Waals surface area contributed by atoms with E-state index in [1.54, 1.807) is 0 Å². The van der Waals surface area contributed by atoms with E-state index >= 15 is 0 Å². The zero-order valence-electron chi connectivity index (χ0n) is 12.2. The Balaban J connectivity index is 1.78. The van der Waals surface area contributed by atoms with Crippen molar-refractivity contribution in [1.29, 1.82) is 0 Å². The highest BCUT2D eigenvalue weighted by molar-refractivity contribution is 8.02. The number of rotatable bonds is 3. The van der Waals surface area contributed by atoms with Crippen LogP contribution < -0.4 is 4.90 Å². The zero-order chi connectivity index (χ0) is 15.0. The molecule has 0 bridgehead atoms. The van der Waals surface area contributed by atoms with Gasteiger partial charge in [0, 0.05) is 11.7 Å². The van der Waals surface area contributed by atoms with Gasteiger partial charge in [-0.1, -0.05) is 41.3 Å². The second-order valence-corrected chi connectivity index (χ2v) is 8.01. The number of carbonyl (C=O) groups excluding carboxylic acids is 1. The average molecular weight is 319 g/mol. The molecule has 2 aromatic rings. The van der Waals surface area contributed by atoms with E-state index in [1.807, 2.05) is 36.9 Å². The molecule has 110 valence electrons. The van der Waals surface area contributed by atoms with Gasteiger partial charge in [0.15, 0.2) is 4.34 Å².